The first-order valence-corrected chi connectivity index (χ1v) is 6.60. The quantitative estimate of drug-likeness (QED) is 0.831. The molecule has 0 aliphatic heterocycles. The molecule has 3 nitrogen and oxygen atoms in total. The molecule has 1 N–H and O–H groups in total. The Hall–Kier alpha value is -1.51. The zero-order valence-electron chi connectivity index (χ0n) is 13.0. The van der Waals surface area contributed by atoms with Crippen molar-refractivity contribution in [2.75, 3.05) is 7.05 Å². The summed E-state index contributed by atoms with van der Waals surface area (Å²) in [4.78, 5) is 11.3. The Morgan fingerprint density at radius 1 is 1.00 bits per heavy atom. The zero-order chi connectivity index (χ0) is 14.8. The van der Waals surface area contributed by atoms with E-state index in [-0.39, 0.29) is 10.8 Å². The zero-order valence-corrected chi connectivity index (χ0v) is 13.0. The van der Waals surface area contributed by atoms with Crippen LogP contribution in [0.1, 0.15) is 52.7 Å². The molecule has 0 radical (unpaired) electrons. The monoisotopic (exact) mass is 263 g/mol. The summed E-state index contributed by atoms with van der Waals surface area (Å²) in [6.07, 6.45) is -0.441. The van der Waals surface area contributed by atoms with Crippen molar-refractivity contribution in [1.82, 2.24) is 5.32 Å². The summed E-state index contributed by atoms with van der Waals surface area (Å²) >= 11 is 0. The van der Waals surface area contributed by atoms with Crippen LogP contribution in [0.4, 0.5) is 4.79 Å². The third-order valence-corrected chi connectivity index (χ3v) is 3.02. The van der Waals surface area contributed by atoms with E-state index >= 15 is 0 Å². The number of ether oxygens (including phenoxy) is 1. The molecular formula is C16H25NO2. The van der Waals surface area contributed by atoms with Crippen molar-refractivity contribution in [3.05, 3.63) is 29.3 Å². The van der Waals surface area contributed by atoms with E-state index in [1.165, 1.54) is 11.1 Å². The molecule has 19 heavy (non-hydrogen) atoms. The number of rotatable bonds is 1. The molecule has 0 unspecified atom stereocenters. The third-order valence-electron chi connectivity index (χ3n) is 3.02. The second kappa shape index (κ2) is 5.24. The molecule has 0 bridgehead atoms. The minimum Gasteiger partial charge on any atom is -0.410 e. The van der Waals surface area contributed by atoms with Crippen LogP contribution in [0.5, 0.6) is 5.75 Å². The summed E-state index contributed by atoms with van der Waals surface area (Å²) in [6.45, 7) is 13.1. The highest BCUT2D eigenvalue weighted by Crippen LogP contribution is 2.36. The number of nitrogens with one attached hydrogen (secondary N) is 1. The molecule has 106 valence electrons. The molecule has 0 atom stereocenters. The first-order chi connectivity index (χ1) is 8.55. The van der Waals surface area contributed by atoms with Gasteiger partial charge in [-0.25, -0.2) is 4.79 Å². The summed E-state index contributed by atoms with van der Waals surface area (Å²) in [7, 11) is 1.55. The minimum atomic E-state index is -0.441. The number of hydrogen-bond acceptors (Lipinski definition) is 2. The summed E-state index contributed by atoms with van der Waals surface area (Å²) < 4.78 is 5.22. The Kier molecular flexibility index (Phi) is 4.28. The topological polar surface area (TPSA) is 38.3 Å². The molecule has 1 amide bonds. The Labute approximate surface area is 116 Å². The summed E-state index contributed by atoms with van der Waals surface area (Å²) in [6, 6.07) is 5.87. The molecule has 0 saturated heterocycles. The maximum absolute atomic E-state index is 11.3. The molecule has 1 aromatic carbocycles. The van der Waals surface area contributed by atoms with Crippen LogP contribution in [0.25, 0.3) is 0 Å². The Bertz CT molecular complexity index is 465. The smallest absolute Gasteiger partial charge is 0.410 e. The highest BCUT2D eigenvalue weighted by atomic mass is 16.5. The molecule has 0 fully saturated rings. The van der Waals surface area contributed by atoms with Gasteiger partial charge in [0.2, 0.25) is 0 Å². The fraction of sp³-hybridized carbons (Fsp3) is 0.562. The lowest BCUT2D eigenvalue weighted by atomic mass is 9.75. The van der Waals surface area contributed by atoms with Gasteiger partial charge in [0.05, 0.1) is 0 Å². The van der Waals surface area contributed by atoms with Gasteiger partial charge in [-0.05, 0) is 34.1 Å². The average Bonchev–Trinajstić information content (AvgIpc) is 2.26. The van der Waals surface area contributed by atoms with Gasteiger partial charge in [-0.1, -0.05) is 47.6 Å². The predicted octanol–water partition coefficient (Wildman–Crippen LogP) is 4.00. The van der Waals surface area contributed by atoms with E-state index in [9.17, 15) is 4.79 Å². The Balaban J connectivity index is 3.28. The van der Waals surface area contributed by atoms with E-state index in [2.05, 4.69) is 52.9 Å². The van der Waals surface area contributed by atoms with Gasteiger partial charge in [0.15, 0.2) is 0 Å². The predicted molar refractivity (Wildman–Crippen MR) is 78.9 cm³/mol. The Morgan fingerprint density at radius 3 is 1.95 bits per heavy atom. The second-order valence-corrected chi connectivity index (χ2v) is 6.85. The van der Waals surface area contributed by atoms with Crippen LogP contribution >= 0.6 is 0 Å². The molecular weight excluding hydrogens is 238 g/mol. The van der Waals surface area contributed by atoms with Crippen LogP contribution in [0, 0.1) is 0 Å². The van der Waals surface area contributed by atoms with Gasteiger partial charge in [0.1, 0.15) is 5.75 Å². The normalized spacial score (nSPS) is 12.2. The van der Waals surface area contributed by atoms with Crippen molar-refractivity contribution < 1.29 is 9.53 Å². The molecule has 0 aliphatic rings. The van der Waals surface area contributed by atoms with Crippen LogP contribution in [0.15, 0.2) is 18.2 Å². The SMILES string of the molecule is CNC(=O)Oc1ccc(C(C)(C)C)c(C(C)(C)C)c1. The van der Waals surface area contributed by atoms with E-state index < -0.39 is 6.09 Å². The van der Waals surface area contributed by atoms with E-state index in [0.717, 1.165) is 0 Å². The number of benzene rings is 1. The molecule has 0 spiro atoms. The van der Waals surface area contributed by atoms with Gasteiger partial charge >= 0.3 is 6.09 Å². The van der Waals surface area contributed by atoms with Crippen molar-refractivity contribution in [2.45, 2.75) is 52.4 Å². The van der Waals surface area contributed by atoms with Crippen molar-refractivity contribution in [3.63, 3.8) is 0 Å². The van der Waals surface area contributed by atoms with E-state index in [1.807, 2.05) is 12.1 Å². The molecule has 1 aromatic rings. The number of carbonyl (C=O) groups excluding carboxylic acids is 1. The van der Waals surface area contributed by atoms with Gasteiger partial charge in [-0.15, -0.1) is 0 Å². The summed E-state index contributed by atoms with van der Waals surface area (Å²) in [5, 5.41) is 2.46. The van der Waals surface area contributed by atoms with E-state index in [4.69, 9.17) is 4.74 Å². The largest absolute Gasteiger partial charge is 0.412 e. The van der Waals surface area contributed by atoms with E-state index in [1.54, 1.807) is 7.05 Å². The van der Waals surface area contributed by atoms with Gasteiger partial charge in [0, 0.05) is 7.05 Å². The van der Waals surface area contributed by atoms with Gasteiger partial charge in [0.25, 0.3) is 0 Å². The average molecular weight is 263 g/mol. The van der Waals surface area contributed by atoms with Crippen LogP contribution < -0.4 is 10.1 Å². The standard InChI is InChI=1S/C16H25NO2/c1-15(2,3)12-9-8-11(19-14(18)17-7)10-13(12)16(4,5)6/h8-10H,1-7H3,(H,17,18). The molecule has 0 aliphatic carbocycles. The second-order valence-electron chi connectivity index (χ2n) is 6.85. The fourth-order valence-electron chi connectivity index (χ4n) is 2.02. The van der Waals surface area contributed by atoms with E-state index in [0.29, 0.717) is 5.75 Å². The molecule has 0 saturated carbocycles. The fourth-order valence-corrected chi connectivity index (χ4v) is 2.02. The Morgan fingerprint density at radius 2 is 1.53 bits per heavy atom. The molecule has 1 rings (SSSR count). The lowest BCUT2D eigenvalue weighted by Gasteiger charge is -2.30. The van der Waals surface area contributed by atoms with Gasteiger partial charge in [-0.3, -0.25) is 0 Å². The molecule has 3 heteroatoms. The summed E-state index contributed by atoms with van der Waals surface area (Å²) in [5.74, 6) is 0.581. The van der Waals surface area contributed by atoms with Crippen molar-refractivity contribution in [1.29, 1.82) is 0 Å². The lowest BCUT2D eigenvalue weighted by Crippen LogP contribution is -2.24. The minimum absolute atomic E-state index is 0.00464. The van der Waals surface area contributed by atoms with Gasteiger partial charge in [-0.2, -0.15) is 0 Å². The van der Waals surface area contributed by atoms with Crippen molar-refractivity contribution in [3.8, 4) is 5.75 Å². The third kappa shape index (κ3) is 3.98. The van der Waals surface area contributed by atoms with Crippen LogP contribution in [0.2, 0.25) is 0 Å². The van der Waals surface area contributed by atoms with Crippen LogP contribution in [-0.2, 0) is 10.8 Å². The van der Waals surface area contributed by atoms with Crippen molar-refractivity contribution >= 4 is 6.09 Å². The number of amides is 1. The van der Waals surface area contributed by atoms with Crippen LogP contribution in [0.3, 0.4) is 0 Å². The summed E-state index contributed by atoms with van der Waals surface area (Å²) in [5.41, 5.74) is 2.56. The maximum atomic E-state index is 11.3. The van der Waals surface area contributed by atoms with Crippen molar-refractivity contribution in [2.24, 2.45) is 0 Å². The highest BCUT2D eigenvalue weighted by Gasteiger charge is 2.25. The molecule has 0 heterocycles. The number of carbonyl (C=O) groups is 1. The lowest BCUT2D eigenvalue weighted by molar-refractivity contribution is 0.203. The molecule has 0 aromatic heterocycles. The van der Waals surface area contributed by atoms with Crippen LogP contribution in [-0.4, -0.2) is 13.1 Å². The highest BCUT2D eigenvalue weighted by molar-refractivity contribution is 5.70. The first kappa shape index (κ1) is 15.5. The van der Waals surface area contributed by atoms with Gasteiger partial charge < -0.3 is 10.1 Å². The maximum Gasteiger partial charge on any atom is 0.412 e. The first-order valence-electron chi connectivity index (χ1n) is 6.60. The number of hydrogen-bond donors (Lipinski definition) is 1.